The van der Waals surface area contributed by atoms with Gasteiger partial charge in [-0.3, -0.25) is 5.10 Å². The van der Waals surface area contributed by atoms with Crippen molar-refractivity contribution in [1.29, 1.82) is 0 Å². The van der Waals surface area contributed by atoms with Crippen LogP contribution in [0.15, 0.2) is 11.2 Å². The van der Waals surface area contributed by atoms with Crippen LogP contribution in [0, 0.1) is 5.92 Å². The molecule has 6 nitrogen and oxygen atoms in total. The van der Waals surface area contributed by atoms with Gasteiger partial charge < -0.3 is 5.32 Å². The second kappa shape index (κ2) is 7.38. The Hall–Kier alpha value is -0.920. The number of aromatic amines is 1. The number of aromatic nitrogens is 2. The average Bonchev–Trinajstić information content (AvgIpc) is 2.91. The first-order valence-electron chi connectivity index (χ1n) is 7.80. The highest BCUT2D eigenvalue weighted by atomic mass is 32.2. The summed E-state index contributed by atoms with van der Waals surface area (Å²) in [5.74, 6) is 0.387. The van der Waals surface area contributed by atoms with Gasteiger partial charge in [0.25, 0.3) is 10.0 Å². The predicted molar refractivity (Wildman–Crippen MR) is 82.3 cm³/mol. The van der Waals surface area contributed by atoms with E-state index in [1.807, 2.05) is 0 Å². The van der Waals surface area contributed by atoms with Crippen molar-refractivity contribution >= 4 is 10.0 Å². The number of rotatable bonds is 7. The van der Waals surface area contributed by atoms with E-state index in [2.05, 4.69) is 34.1 Å². The number of hydrogen-bond acceptors (Lipinski definition) is 4. The minimum Gasteiger partial charge on any atom is -0.313 e. The summed E-state index contributed by atoms with van der Waals surface area (Å²) >= 11 is 0. The van der Waals surface area contributed by atoms with Gasteiger partial charge in [0.1, 0.15) is 0 Å². The van der Waals surface area contributed by atoms with E-state index in [0.29, 0.717) is 18.0 Å². The maximum absolute atomic E-state index is 12.6. The van der Waals surface area contributed by atoms with Gasteiger partial charge in [-0.25, -0.2) is 13.1 Å². The molecule has 1 fully saturated rings. The molecule has 2 rings (SSSR count). The van der Waals surface area contributed by atoms with Gasteiger partial charge in [-0.05, 0) is 31.7 Å². The molecule has 7 heteroatoms. The number of nitrogens with zero attached hydrogens (tertiary/aromatic N) is 1. The number of hydrogen-bond donors (Lipinski definition) is 3. The lowest BCUT2D eigenvalue weighted by atomic mass is 9.87. The van der Waals surface area contributed by atoms with Gasteiger partial charge in [0.05, 0.1) is 6.20 Å². The topological polar surface area (TPSA) is 86.9 Å². The zero-order valence-electron chi connectivity index (χ0n) is 12.9. The first-order valence-corrected chi connectivity index (χ1v) is 9.28. The molecule has 1 aliphatic carbocycles. The Kier molecular flexibility index (Phi) is 5.78. The normalized spacial score (nSPS) is 23.3. The van der Waals surface area contributed by atoms with Crippen molar-refractivity contribution < 1.29 is 8.42 Å². The summed E-state index contributed by atoms with van der Waals surface area (Å²) in [7, 11) is -3.53. The number of nitrogens with one attached hydrogen (secondary N) is 3. The summed E-state index contributed by atoms with van der Waals surface area (Å²) in [4.78, 5) is 0. The molecule has 0 bridgehead atoms. The highest BCUT2D eigenvalue weighted by Crippen LogP contribution is 2.25. The van der Waals surface area contributed by atoms with E-state index >= 15 is 0 Å². The molecular weight excluding hydrogens is 288 g/mol. The van der Waals surface area contributed by atoms with Gasteiger partial charge >= 0.3 is 0 Å². The molecule has 1 aliphatic rings. The van der Waals surface area contributed by atoms with E-state index in [-0.39, 0.29) is 11.1 Å². The minimum atomic E-state index is -3.53. The van der Waals surface area contributed by atoms with Crippen molar-refractivity contribution in [3.63, 3.8) is 0 Å². The molecule has 21 heavy (non-hydrogen) atoms. The molecule has 1 aromatic rings. The molecular formula is C14H26N4O2S. The summed E-state index contributed by atoms with van der Waals surface area (Å²) in [6, 6.07) is 0.0310. The molecule has 1 aromatic heterocycles. The molecule has 0 aromatic carbocycles. The molecule has 1 saturated carbocycles. The lowest BCUT2D eigenvalue weighted by Crippen LogP contribution is -2.41. The van der Waals surface area contributed by atoms with E-state index in [1.54, 1.807) is 6.20 Å². The molecule has 0 amide bonds. The Labute approximate surface area is 127 Å². The first-order chi connectivity index (χ1) is 10.0. The lowest BCUT2D eigenvalue weighted by molar-refractivity contribution is 0.310. The molecule has 120 valence electrons. The number of sulfonamides is 1. The van der Waals surface area contributed by atoms with Crippen LogP contribution in [0.4, 0.5) is 0 Å². The second-order valence-electron chi connectivity index (χ2n) is 5.89. The summed E-state index contributed by atoms with van der Waals surface area (Å²) in [5, 5.41) is 9.94. The smallest absolute Gasteiger partial charge is 0.258 e. The second-order valence-corrected chi connectivity index (χ2v) is 7.54. The van der Waals surface area contributed by atoms with Crippen molar-refractivity contribution in [1.82, 2.24) is 20.2 Å². The van der Waals surface area contributed by atoms with E-state index in [0.717, 1.165) is 32.2 Å². The third kappa shape index (κ3) is 4.28. The van der Waals surface area contributed by atoms with Gasteiger partial charge in [-0.2, -0.15) is 5.10 Å². The Morgan fingerprint density at radius 2 is 2.14 bits per heavy atom. The van der Waals surface area contributed by atoms with Crippen LogP contribution in [0.5, 0.6) is 0 Å². The van der Waals surface area contributed by atoms with E-state index in [1.165, 1.54) is 6.42 Å². The first kappa shape index (κ1) is 16.5. The monoisotopic (exact) mass is 314 g/mol. The van der Waals surface area contributed by atoms with Crippen molar-refractivity contribution in [2.75, 3.05) is 6.54 Å². The van der Waals surface area contributed by atoms with Crippen molar-refractivity contribution in [3.8, 4) is 0 Å². The predicted octanol–water partition coefficient (Wildman–Crippen LogP) is 1.77. The zero-order chi connectivity index (χ0) is 15.3. The third-order valence-corrected chi connectivity index (χ3v) is 5.61. The van der Waals surface area contributed by atoms with Gasteiger partial charge in [0, 0.05) is 18.2 Å². The molecule has 0 radical (unpaired) electrons. The minimum absolute atomic E-state index is 0.0310. The fourth-order valence-corrected chi connectivity index (χ4v) is 4.32. The fourth-order valence-electron chi connectivity index (χ4n) is 2.81. The van der Waals surface area contributed by atoms with Crippen molar-refractivity contribution in [3.05, 3.63) is 11.8 Å². The SMILES string of the molecule is CCCNCc1cn[nH]c1S(=O)(=O)NC1CCCCC1C. The van der Waals surface area contributed by atoms with Crippen LogP contribution in [0.2, 0.25) is 0 Å². The van der Waals surface area contributed by atoms with Crippen LogP contribution in [-0.4, -0.2) is 31.2 Å². The van der Waals surface area contributed by atoms with Gasteiger partial charge in [0.15, 0.2) is 5.03 Å². The summed E-state index contributed by atoms with van der Waals surface area (Å²) in [5.41, 5.74) is 0.694. The van der Waals surface area contributed by atoms with E-state index < -0.39 is 10.0 Å². The molecule has 3 N–H and O–H groups in total. The van der Waals surface area contributed by atoms with Crippen LogP contribution in [0.1, 0.15) is 51.5 Å². The highest BCUT2D eigenvalue weighted by molar-refractivity contribution is 7.89. The molecule has 2 unspecified atom stereocenters. The van der Waals surface area contributed by atoms with Crippen LogP contribution in [0.25, 0.3) is 0 Å². The van der Waals surface area contributed by atoms with Gasteiger partial charge in [0.2, 0.25) is 0 Å². The fraction of sp³-hybridized carbons (Fsp3) is 0.786. The van der Waals surface area contributed by atoms with Crippen molar-refractivity contribution in [2.45, 2.75) is 63.6 Å². The summed E-state index contributed by atoms with van der Waals surface area (Å²) in [6.45, 7) is 5.56. The molecule has 0 aliphatic heterocycles. The average molecular weight is 314 g/mol. The molecule has 1 heterocycles. The van der Waals surface area contributed by atoms with E-state index in [9.17, 15) is 8.42 Å². The Balaban J connectivity index is 2.06. The van der Waals surface area contributed by atoms with Crippen LogP contribution in [-0.2, 0) is 16.6 Å². The molecule has 0 spiro atoms. The van der Waals surface area contributed by atoms with E-state index in [4.69, 9.17) is 0 Å². The van der Waals surface area contributed by atoms with Crippen LogP contribution in [0.3, 0.4) is 0 Å². The van der Waals surface area contributed by atoms with Crippen LogP contribution < -0.4 is 10.0 Å². The third-order valence-electron chi connectivity index (χ3n) is 4.11. The summed E-state index contributed by atoms with van der Waals surface area (Å²) in [6.07, 6.45) is 6.87. The highest BCUT2D eigenvalue weighted by Gasteiger charge is 2.28. The lowest BCUT2D eigenvalue weighted by Gasteiger charge is -2.29. The van der Waals surface area contributed by atoms with Crippen LogP contribution >= 0.6 is 0 Å². The molecule has 0 saturated heterocycles. The Morgan fingerprint density at radius 3 is 2.86 bits per heavy atom. The van der Waals surface area contributed by atoms with Gasteiger partial charge in [-0.1, -0.05) is 26.7 Å². The largest absolute Gasteiger partial charge is 0.313 e. The number of H-pyrrole nitrogens is 1. The standard InChI is InChI=1S/C14H26N4O2S/c1-3-8-15-9-12-10-16-17-14(12)21(19,20)18-13-7-5-4-6-11(13)2/h10-11,13,15,18H,3-9H2,1-2H3,(H,16,17). The zero-order valence-corrected chi connectivity index (χ0v) is 13.7. The Morgan fingerprint density at radius 1 is 1.38 bits per heavy atom. The maximum Gasteiger partial charge on any atom is 0.258 e. The Bertz CT molecular complexity index is 541. The quantitative estimate of drug-likeness (QED) is 0.669. The molecule has 2 atom stereocenters. The maximum atomic E-state index is 12.6. The van der Waals surface area contributed by atoms with Crippen molar-refractivity contribution in [2.24, 2.45) is 5.92 Å². The van der Waals surface area contributed by atoms with Gasteiger partial charge in [-0.15, -0.1) is 0 Å². The summed E-state index contributed by atoms with van der Waals surface area (Å²) < 4.78 is 28.0.